The van der Waals surface area contributed by atoms with Crippen LogP contribution in [0.1, 0.15) is 43.9 Å². The molecule has 1 heterocycles. The molecular formula is C21H27F3N2O5S. The first-order valence-electron chi connectivity index (χ1n) is 10.5. The maximum atomic E-state index is 13.3. The number of fused-ring (bicyclic) bond motifs is 3. The van der Waals surface area contributed by atoms with Crippen LogP contribution in [0.3, 0.4) is 0 Å². The Bertz CT molecular complexity index is 1090. The van der Waals surface area contributed by atoms with Crippen LogP contribution in [0.15, 0.2) is 18.2 Å². The van der Waals surface area contributed by atoms with Crippen molar-refractivity contribution >= 4 is 26.9 Å². The van der Waals surface area contributed by atoms with Crippen LogP contribution in [0.5, 0.6) is 5.75 Å². The molecule has 1 aliphatic carbocycles. The van der Waals surface area contributed by atoms with Crippen LogP contribution in [0.2, 0.25) is 0 Å². The van der Waals surface area contributed by atoms with Gasteiger partial charge in [-0.25, -0.2) is 0 Å². The Morgan fingerprint density at radius 3 is 2.53 bits per heavy atom. The van der Waals surface area contributed by atoms with Crippen LogP contribution in [0.25, 0.3) is 10.9 Å². The van der Waals surface area contributed by atoms with Gasteiger partial charge in [0.15, 0.2) is 0 Å². The largest absolute Gasteiger partial charge is 0.523 e. The fourth-order valence-corrected chi connectivity index (χ4v) is 4.87. The molecule has 0 saturated carbocycles. The minimum atomic E-state index is -5.68. The van der Waals surface area contributed by atoms with E-state index < -0.39 is 28.2 Å². The molecule has 0 spiro atoms. The van der Waals surface area contributed by atoms with Crippen molar-refractivity contribution in [1.82, 2.24) is 9.47 Å². The summed E-state index contributed by atoms with van der Waals surface area (Å²) in [6, 6.07) is 5.30. The Morgan fingerprint density at radius 2 is 1.94 bits per heavy atom. The highest BCUT2D eigenvalue weighted by Gasteiger charge is 2.47. The van der Waals surface area contributed by atoms with Gasteiger partial charge < -0.3 is 14.2 Å². The number of carbonyl (C=O) groups excluding carboxylic acids is 1. The molecule has 7 nitrogen and oxygen atoms in total. The third-order valence-corrected chi connectivity index (χ3v) is 6.93. The van der Waals surface area contributed by atoms with Crippen LogP contribution in [-0.4, -0.2) is 56.1 Å². The van der Waals surface area contributed by atoms with Gasteiger partial charge in [0.1, 0.15) is 5.75 Å². The molecule has 0 bridgehead atoms. The number of ether oxygens (including phenoxy) is 1. The summed E-state index contributed by atoms with van der Waals surface area (Å²) in [6.07, 6.45) is 1.99. The number of benzene rings is 1. The normalized spacial score (nSPS) is 16.8. The van der Waals surface area contributed by atoms with E-state index >= 15 is 0 Å². The number of aromatic nitrogens is 1. The van der Waals surface area contributed by atoms with E-state index in [9.17, 15) is 26.4 Å². The van der Waals surface area contributed by atoms with E-state index in [4.69, 9.17) is 4.74 Å². The lowest BCUT2D eigenvalue weighted by atomic mass is 9.84. The number of carbonyl (C=O) groups is 1. The monoisotopic (exact) mass is 476 g/mol. The molecule has 1 aliphatic rings. The molecule has 32 heavy (non-hydrogen) atoms. The molecular weight excluding hydrogens is 449 g/mol. The minimum absolute atomic E-state index is 0.00296. The van der Waals surface area contributed by atoms with Crippen LogP contribution in [0.4, 0.5) is 13.2 Å². The molecule has 2 aromatic rings. The number of nitrogens with zero attached hydrogens (tertiary/aromatic N) is 2. The zero-order chi connectivity index (χ0) is 23.7. The molecule has 0 saturated heterocycles. The van der Waals surface area contributed by atoms with Gasteiger partial charge in [0.05, 0.1) is 25.2 Å². The topological polar surface area (TPSA) is 77.8 Å². The van der Waals surface area contributed by atoms with Gasteiger partial charge in [0, 0.05) is 30.7 Å². The molecule has 1 amide bonds. The van der Waals surface area contributed by atoms with Crippen molar-refractivity contribution in [2.24, 2.45) is 0 Å². The first-order chi connectivity index (χ1) is 15.1. The number of amides is 1. The maximum Gasteiger partial charge on any atom is 0.523 e. The van der Waals surface area contributed by atoms with Gasteiger partial charge >= 0.3 is 15.6 Å². The first kappa shape index (κ1) is 24.4. The highest BCUT2D eigenvalue weighted by atomic mass is 32.2. The number of alkyl halides is 3. The number of hydrogen-bond acceptors (Lipinski definition) is 5. The Balaban J connectivity index is 2.07. The van der Waals surface area contributed by atoms with Gasteiger partial charge in [-0.2, -0.15) is 21.6 Å². The summed E-state index contributed by atoms with van der Waals surface area (Å²) in [5, 5.41) is 0.730. The van der Waals surface area contributed by atoms with E-state index in [1.807, 2.05) is 13.8 Å². The van der Waals surface area contributed by atoms with Crippen molar-refractivity contribution in [1.29, 1.82) is 0 Å². The standard InChI is InChI=1S/C21H27F3N2O5S/c1-4-25(5-2)20(27)14-8-6-9-15-18(14)19-16(10-7-11-17(19)30-3)26(15)12-13-31-32(28,29)21(22,23)24/h7,10-11,14H,4-6,8-9,12-13H2,1-3H3/t14-/m0/s1. The van der Waals surface area contributed by atoms with E-state index in [1.165, 1.54) is 7.11 Å². The molecule has 1 atom stereocenters. The summed E-state index contributed by atoms with van der Waals surface area (Å²) in [7, 11) is -4.16. The molecule has 0 aliphatic heterocycles. The number of likely N-dealkylation sites (N-methyl/N-ethyl adjacent to an activating group) is 1. The summed E-state index contributed by atoms with van der Waals surface area (Å²) in [4.78, 5) is 15.0. The molecule has 0 radical (unpaired) electrons. The van der Waals surface area contributed by atoms with Crippen molar-refractivity contribution in [2.75, 3.05) is 26.8 Å². The Hall–Kier alpha value is -2.27. The molecule has 1 aromatic heterocycles. The highest BCUT2D eigenvalue weighted by molar-refractivity contribution is 7.87. The van der Waals surface area contributed by atoms with Crippen molar-refractivity contribution < 1.29 is 35.3 Å². The van der Waals surface area contributed by atoms with Crippen LogP contribution >= 0.6 is 0 Å². The van der Waals surface area contributed by atoms with Crippen LogP contribution < -0.4 is 4.74 Å². The smallest absolute Gasteiger partial charge is 0.496 e. The van der Waals surface area contributed by atoms with Crippen molar-refractivity contribution in [3.05, 3.63) is 29.5 Å². The second kappa shape index (κ2) is 9.30. The summed E-state index contributed by atoms with van der Waals surface area (Å²) in [5.74, 6) is 0.149. The SMILES string of the molecule is CCN(CC)C(=O)[C@H]1CCCc2c1c1c(OC)cccc1n2CCOS(=O)(=O)C(F)(F)F. The van der Waals surface area contributed by atoms with Crippen LogP contribution in [-0.2, 0) is 32.1 Å². The van der Waals surface area contributed by atoms with Gasteiger partial charge in [0.2, 0.25) is 5.91 Å². The lowest BCUT2D eigenvalue weighted by molar-refractivity contribution is -0.132. The predicted molar refractivity (Wildman–Crippen MR) is 113 cm³/mol. The number of hydrogen-bond donors (Lipinski definition) is 0. The average molecular weight is 477 g/mol. The number of methoxy groups -OCH3 is 1. The van der Waals surface area contributed by atoms with E-state index in [1.54, 1.807) is 27.7 Å². The molecule has 3 rings (SSSR count). The first-order valence-corrected chi connectivity index (χ1v) is 11.9. The summed E-state index contributed by atoms with van der Waals surface area (Å²) < 4.78 is 72.0. The van der Waals surface area contributed by atoms with Gasteiger partial charge in [0.25, 0.3) is 0 Å². The third kappa shape index (κ3) is 4.32. The van der Waals surface area contributed by atoms with Gasteiger partial charge in [-0.1, -0.05) is 6.07 Å². The predicted octanol–water partition coefficient (Wildman–Crippen LogP) is 3.80. The average Bonchev–Trinajstić information content (AvgIpc) is 3.07. The Kier molecular flexibility index (Phi) is 7.09. The van der Waals surface area contributed by atoms with E-state index in [0.29, 0.717) is 37.2 Å². The Morgan fingerprint density at radius 1 is 1.25 bits per heavy atom. The van der Waals surface area contributed by atoms with Crippen molar-refractivity contribution in [3.8, 4) is 5.75 Å². The Labute approximate surface area is 185 Å². The fraction of sp³-hybridized carbons (Fsp3) is 0.571. The molecule has 178 valence electrons. The lowest BCUT2D eigenvalue weighted by Gasteiger charge is -2.29. The third-order valence-electron chi connectivity index (χ3n) is 5.89. The molecule has 0 unspecified atom stereocenters. The van der Waals surface area contributed by atoms with Crippen LogP contribution in [0, 0.1) is 0 Å². The van der Waals surface area contributed by atoms with E-state index in [-0.39, 0.29) is 12.5 Å². The van der Waals surface area contributed by atoms with Gasteiger partial charge in [-0.15, -0.1) is 0 Å². The number of rotatable bonds is 8. The minimum Gasteiger partial charge on any atom is -0.496 e. The van der Waals surface area contributed by atoms with Crippen molar-refractivity contribution in [2.45, 2.75) is 51.1 Å². The summed E-state index contributed by atoms with van der Waals surface area (Å²) >= 11 is 0. The molecule has 0 N–H and O–H groups in total. The van der Waals surface area contributed by atoms with Gasteiger partial charge in [-0.05, 0) is 50.8 Å². The molecule has 0 fully saturated rings. The lowest BCUT2D eigenvalue weighted by Crippen LogP contribution is -2.36. The number of halogens is 3. The quantitative estimate of drug-likeness (QED) is 0.428. The molecule has 1 aromatic carbocycles. The van der Waals surface area contributed by atoms with Gasteiger partial charge in [-0.3, -0.25) is 8.98 Å². The fourth-order valence-electron chi connectivity index (χ4n) is 4.45. The second-order valence-electron chi connectivity index (χ2n) is 7.54. The zero-order valence-corrected chi connectivity index (χ0v) is 19.1. The highest BCUT2D eigenvalue weighted by Crippen LogP contribution is 2.43. The summed E-state index contributed by atoms with van der Waals surface area (Å²) in [5.41, 5.74) is -3.20. The zero-order valence-electron chi connectivity index (χ0n) is 18.2. The van der Waals surface area contributed by atoms with Crippen molar-refractivity contribution in [3.63, 3.8) is 0 Å². The summed E-state index contributed by atoms with van der Waals surface area (Å²) in [6.45, 7) is 4.17. The van der Waals surface area contributed by atoms with E-state index in [2.05, 4.69) is 4.18 Å². The van der Waals surface area contributed by atoms with E-state index in [0.717, 1.165) is 23.1 Å². The maximum absolute atomic E-state index is 13.3. The second-order valence-corrected chi connectivity index (χ2v) is 9.15. The molecule has 11 heteroatoms.